The molecule has 1 aliphatic heterocycles. The van der Waals surface area contributed by atoms with Crippen LogP contribution in [0.4, 0.5) is 5.69 Å². The number of likely N-dealkylation sites (tertiary alicyclic amines) is 1. The van der Waals surface area contributed by atoms with Crippen molar-refractivity contribution >= 4 is 33.4 Å². The van der Waals surface area contributed by atoms with E-state index in [0.717, 1.165) is 36.1 Å². The largest absolute Gasteiger partial charge is 0.369 e. The van der Waals surface area contributed by atoms with Crippen molar-refractivity contribution in [3.8, 4) is 0 Å². The fraction of sp³-hybridized carbons (Fsp3) is 0.429. The number of rotatable bonds is 4. The molecule has 2 amide bonds. The molecule has 0 radical (unpaired) electrons. The van der Waals surface area contributed by atoms with Crippen LogP contribution in [0.15, 0.2) is 28.7 Å². The fourth-order valence-corrected chi connectivity index (χ4v) is 2.86. The van der Waals surface area contributed by atoms with Gasteiger partial charge in [-0.15, -0.1) is 0 Å². The van der Waals surface area contributed by atoms with E-state index in [2.05, 4.69) is 21.2 Å². The molecule has 20 heavy (non-hydrogen) atoms. The van der Waals surface area contributed by atoms with E-state index in [0.29, 0.717) is 6.54 Å². The van der Waals surface area contributed by atoms with E-state index < -0.39 is 0 Å². The van der Waals surface area contributed by atoms with E-state index in [1.807, 2.05) is 24.3 Å². The maximum atomic E-state index is 12.0. The third-order valence-corrected chi connectivity index (χ3v) is 4.35. The minimum absolute atomic E-state index is 0.00979. The van der Waals surface area contributed by atoms with Crippen LogP contribution < -0.4 is 16.0 Å². The Bertz CT molecular complexity index is 499. The molecular weight excluding hydrogens is 322 g/mol. The zero-order valence-electron chi connectivity index (χ0n) is 11.2. The van der Waals surface area contributed by atoms with E-state index in [1.165, 1.54) is 4.90 Å². The minimum Gasteiger partial charge on any atom is -0.369 e. The minimum atomic E-state index is -0.221. The lowest BCUT2D eigenvalue weighted by atomic mass is 9.96. The average molecular weight is 341 g/mol. The first-order valence-electron chi connectivity index (χ1n) is 6.73. The van der Waals surface area contributed by atoms with E-state index in [-0.39, 0.29) is 17.7 Å². The highest BCUT2D eigenvalue weighted by Crippen LogP contribution is 2.20. The molecular formula is C14H19BrN3O2+. The number of primary amides is 1. The molecule has 2 rings (SSSR count). The molecule has 1 heterocycles. The number of nitrogens with two attached hydrogens (primary N) is 1. The smallest absolute Gasteiger partial charge is 0.279 e. The van der Waals surface area contributed by atoms with Crippen molar-refractivity contribution in [2.75, 3.05) is 25.0 Å². The van der Waals surface area contributed by atoms with Crippen LogP contribution in [-0.4, -0.2) is 31.4 Å². The van der Waals surface area contributed by atoms with Crippen LogP contribution in [0.1, 0.15) is 12.8 Å². The molecule has 1 saturated heterocycles. The van der Waals surface area contributed by atoms with Crippen LogP contribution in [0.25, 0.3) is 0 Å². The molecule has 1 fully saturated rings. The summed E-state index contributed by atoms with van der Waals surface area (Å²) in [4.78, 5) is 24.3. The van der Waals surface area contributed by atoms with E-state index in [1.54, 1.807) is 0 Å². The van der Waals surface area contributed by atoms with Crippen LogP contribution in [-0.2, 0) is 9.59 Å². The van der Waals surface area contributed by atoms with Gasteiger partial charge in [0.25, 0.3) is 5.91 Å². The van der Waals surface area contributed by atoms with Gasteiger partial charge in [0.15, 0.2) is 6.54 Å². The first-order chi connectivity index (χ1) is 9.56. The Morgan fingerprint density at radius 1 is 1.30 bits per heavy atom. The summed E-state index contributed by atoms with van der Waals surface area (Å²) >= 11 is 3.40. The van der Waals surface area contributed by atoms with Crippen molar-refractivity contribution < 1.29 is 14.5 Å². The lowest BCUT2D eigenvalue weighted by molar-refractivity contribution is -0.897. The van der Waals surface area contributed by atoms with Gasteiger partial charge in [-0.1, -0.05) is 12.1 Å². The van der Waals surface area contributed by atoms with Gasteiger partial charge in [0.1, 0.15) is 0 Å². The second kappa shape index (κ2) is 6.85. The SMILES string of the molecule is NC(=O)C1CC[NH+](CC(=O)Nc2ccccc2Br)CC1. The van der Waals surface area contributed by atoms with Crippen LogP contribution in [0, 0.1) is 5.92 Å². The number of halogens is 1. The molecule has 0 aliphatic carbocycles. The second-order valence-electron chi connectivity index (χ2n) is 5.13. The highest BCUT2D eigenvalue weighted by Gasteiger charge is 2.27. The van der Waals surface area contributed by atoms with Gasteiger partial charge in [-0.3, -0.25) is 9.59 Å². The molecule has 0 aromatic heterocycles. The molecule has 0 unspecified atom stereocenters. The molecule has 5 nitrogen and oxygen atoms in total. The monoisotopic (exact) mass is 340 g/mol. The maximum absolute atomic E-state index is 12.0. The Balaban J connectivity index is 1.81. The number of benzene rings is 1. The quantitative estimate of drug-likeness (QED) is 0.730. The molecule has 4 N–H and O–H groups in total. The van der Waals surface area contributed by atoms with Crippen molar-refractivity contribution in [3.05, 3.63) is 28.7 Å². The Morgan fingerprint density at radius 3 is 2.55 bits per heavy atom. The van der Waals surface area contributed by atoms with Crippen LogP contribution >= 0.6 is 15.9 Å². The molecule has 0 spiro atoms. The van der Waals surface area contributed by atoms with E-state index in [9.17, 15) is 9.59 Å². The van der Waals surface area contributed by atoms with Gasteiger partial charge in [0, 0.05) is 23.2 Å². The molecule has 1 aromatic carbocycles. The summed E-state index contributed by atoms with van der Waals surface area (Å²) in [5.41, 5.74) is 6.08. The Kier molecular flexibility index (Phi) is 5.14. The maximum Gasteiger partial charge on any atom is 0.279 e. The zero-order chi connectivity index (χ0) is 14.5. The summed E-state index contributed by atoms with van der Waals surface area (Å²) in [5.74, 6) is -0.253. The summed E-state index contributed by atoms with van der Waals surface area (Å²) in [7, 11) is 0. The van der Waals surface area contributed by atoms with Gasteiger partial charge in [-0.05, 0) is 28.1 Å². The number of para-hydroxylation sites is 1. The third-order valence-electron chi connectivity index (χ3n) is 3.65. The number of amides is 2. The van der Waals surface area contributed by atoms with Gasteiger partial charge in [-0.2, -0.15) is 0 Å². The molecule has 108 valence electrons. The van der Waals surface area contributed by atoms with Crippen molar-refractivity contribution in [3.63, 3.8) is 0 Å². The number of nitrogens with one attached hydrogen (secondary N) is 2. The van der Waals surface area contributed by atoms with Crippen LogP contribution in [0.3, 0.4) is 0 Å². The molecule has 1 aliphatic rings. The highest BCUT2D eigenvalue weighted by atomic mass is 79.9. The first-order valence-corrected chi connectivity index (χ1v) is 7.53. The summed E-state index contributed by atoms with van der Waals surface area (Å²) in [6.07, 6.45) is 1.54. The number of hydrogen-bond acceptors (Lipinski definition) is 2. The Hall–Kier alpha value is -1.40. The summed E-state index contributed by atoms with van der Waals surface area (Å²) < 4.78 is 0.871. The summed E-state index contributed by atoms with van der Waals surface area (Å²) in [6.45, 7) is 2.06. The number of carbonyl (C=O) groups excluding carboxylic acids is 2. The van der Waals surface area contributed by atoms with Gasteiger partial charge in [0.05, 0.1) is 18.8 Å². The Labute approximate surface area is 126 Å². The van der Waals surface area contributed by atoms with Crippen molar-refractivity contribution in [1.82, 2.24) is 0 Å². The van der Waals surface area contributed by atoms with Crippen molar-refractivity contribution in [2.24, 2.45) is 11.7 Å². The zero-order valence-corrected chi connectivity index (χ0v) is 12.8. The highest BCUT2D eigenvalue weighted by molar-refractivity contribution is 9.10. The fourth-order valence-electron chi connectivity index (χ4n) is 2.47. The Morgan fingerprint density at radius 2 is 1.95 bits per heavy atom. The molecule has 0 bridgehead atoms. The normalized spacial score (nSPS) is 22.2. The average Bonchev–Trinajstić information content (AvgIpc) is 2.42. The standard InChI is InChI=1S/C14H18BrN3O2/c15-11-3-1-2-4-12(11)17-13(19)9-18-7-5-10(6-8-18)14(16)20/h1-4,10H,5-9H2,(H2,16,20)(H,17,19)/p+1. The van der Waals surface area contributed by atoms with Gasteiger partial charge in [0.2, 0.25) is 5.91 Å². The lowest BCUT2D eigenvalue weighted by Gasteiger charge is -2.27. The van der Waals surface area contributed by atoms with Gasteiger partial charge < -0.3 is 16.0 Å². The second-order valence-corrected chi connectivity index (χ2v) is 5.99. The van der Waals surface area contributed by atoms with Gasteiger partial charge in [-0.25, -0.2) is 0 Å². The number of carbonyl (C=O) groups is 2. The van der Waals surface area contributed by atoms with Crippen LogP contribution in [0.5, 0.6) is 0 Å². The predicted molar refractivity (Wildman–Crippen MR) is 80.3 cm³/mol. The lowest BCUT2D eigenvalue weighted by Crippen LogP contribution is -3.14. The molecule has 0 saturated carbocycles. The van der Waals surface area contributed by atoms with Crippen molar-refractivity contribution in [2.45, 2.75) is 12.8 Å². The van der Waals surface area contributed by atoms with Gasteiger partial charge >= 0.3 is 0 Å². The number of anilines is 1. The topological polar surface area (TPSA) is 76.6 Å². The molecule has 1 aromatic rings. The predicted octanol–water partition coefficient (Wildman–Crippen LogP) is 0.168. The van der Waals surface area contributed by atoms with Crippen molar-refractivity contribution in [1.29, 1.82) is 0 Å². The number of quaternary nitrogens is 1. The van der Waals surface area contributed by atoms with E-state index in [4.69, 9.17) is 5.73 Å². The number of piperidine rings is 1. The summed E-state index contributed by atoms with van der Waals surface area (Å²) in [5, 5.41) is 2.89. The van der Waals surface area contributed by atoms with Crippen LogP contribution in [0.2, 0.25) is 0 Å². The molecule has 0 atom stereocenters. The van der Waals surface area contributed by atoms with E-state index >= 15 is 0 Å². The first kappa shape index (κ1) is 15.0. The number of hydrogen-bond donors (Lipinski definition) is 3. The third kappa shape index (κ3) is 4.05. The molecule has 6 heteroatoms. The summed E-state index contributed by atoms with van der Waals surface area (Å²) in [6, 6.07) is 7.53.